The SMILES string of the molecule is CCC(Cc1ccccc1)S(=O)(=O)NC. The second-order valence-corrected chi connectivity index (χ2v) is 5.63. The van der Waals surface area contributed by atoms with Crippen LogP contribution in [0.5, 0.6) is 0 Å². The Morgan fingerprint density at radius 3 is 2.33 bits per heavy atom. The van der Waals surface area contributed by atoms with Crippen LogP contribution in [0, 0.1) is 0 Å². The van der Waals surface area contributed by atoms with Crippen molar-refractivity contribution in [3.63, 3.8) is 0 Å². The maximum Gasteiger partial charge on any atom is 0.214 e. The van der Waals surface area contributed by atoms with Crippen molar-refractivity contribution in [3.8, 4) is 0 Å². The Morgan fingerprint density at radius 1 is 1.27 bits per heavy atom. The largest absolute Gasteiger partial charge is 0.218 e. The third-order valence-electron chi connectivity index (χ3n) is 2.48. The lowest BCUT2D eigenvalue weighted by molar-refractivity contribution is 0.565. The van der Waals surface area contributed by atoms with Gasteiger partial charge < -0.3 is 0 Å². The summed E-state index contributed by atoms with van der Waals surface area (Å²) >= 11 is 0. The van der Waals surface area contributed by atoms with Crippen LogP contribution in [0.2, 0.25) is 0 Å². The molecule has 4 heteroatoms. The third-order valence-corrected chi connectivity index (χ3v) is 4.43. The van der Waals surface area contributed by atoms with Gasteiger partial charge in [-0.1, -0.05) is 37.3 Å². The zero-order valence-corrected chi connectivity index (χ0v) is 9.92. The Hall–Kier alpha value is -0.870. The molecule has 15 heavy (non-hydrogen) atoms. The van der Waals surface area contributed by atoms with Gasteiger partial charge >= 0.3 is 0 Å². The topological polar surface area (TPSA) is 46.2 Å². The molecule has 0 amide bonds. The van der Waals surface area contributed by atoms with E-state index in [1.54, 1.807) is 0 Å². The molecule has 0 aliphatic rings. The third kappa shape index (κ3) is 3.32. The molecule has 1 aromatic carbocycles. The summed E-state index contributed by atoms with van der Waals surface area (Å²) < 4.78 is 25.6. The van der Waals surface area contributed by atoms with E-state index >= 15 is 0 Å². The Kier molecular flexibility index (Phi) is 4.29. The molecule has 84 valence electrons. The predicted octanol–water partition coefficient (Wildman–Crippen LogP) is 1.56. The highest BCUT2D eigenvalue weighted by Gasteiger charge is 2.21. The van der Waals surface area contributed by atoms with Crippen molar-refractivity contribution >= 4 is 10.0 Å². The average Bonchev–Trinajstić information content (AvgIpc) is 2.27. The van der Waals surface area contributed by atoms with Crippen LogP contribution in [0.1, 0.15) is 18.9 Å². The van der Waals surface area contributed by atoms with Gasteiger partial charge in [-0.05, 0) is 25.5 Å². The Morgan fingerprint density at radius 2 is 1.87 bits per heavy atom. The van der Waals surface area contributed by atoms with Crippen molar-refractivity contribution in [1.29, 1.82) is 0 Å². The summed E-state index contributed by atoms with van der Waals surface area (Å²) in [6.07, 6.45) is 1.19. The van der Waals surface area contributed by atoms with Crippen molar-refractivity contribution < 1.29 is 8.42 Å². The van der Waals surface area contributed by atoms with Gasteiger partial charge in [-0.15, -0.1) is 0 Å². The summed E-state index contributed by atoms with van der Waals surface area (Å²) in [6.45, 7) is 1.89. The Bertz CT molecular complexity index is 386. The van der Waals surface area contributed by atoms with Crippen LogP contribution < -0.4 is 4.72 Å². The number of rotatable bonds is 5. The second-order valence-electron chi connectivity index (χ2n) is 3.47. The lowest BCUT2D eigenvalue weighted by Crippen LogP contribution is -2.32. The molecule has 3 nitrogen and oxygen atoms in total. The monoisotopic (exact) mass is 227 g/mol. The number of benzene rings is 1. The zero-order valence-electron chi connectivity index (χ0n) is 9.10. The van der Waals surface area contributed by atoms with Gasteiger partial charge in [0, 0.05) is 0 Å². The van der Waals surface area contributed by atoms with Crippen LogP contribution in [0.25, 0.3) is 0 Å². The molecule has 0 aliphatic carbocycles. The minimum absolute atomic E-state index is 0.343. The van der Waals surface area contributed by atoms with Gasteiger partial charge in [0.05, 0.1) is 5.25 Å². The summed E-state index contributed by atoms with van der Waals surface area (Å²) in [6, 6.07) is 9.68. The first-order valence-electron chi connectivity index (χ1n) is 5.06. The van der Waals surface area contributed by atoms with E-state index in [1.165, 1.54) is 7.05 Å². The van der Waals surface area contributed by atoms with Crippen molar-refractivity contribution in [1.82, 2.24) is 4.72 Å². The van der Waals surface area contributed by atoms with Crippen LogP contribution in [-0.4, -0.2) is 20.7 Å². The van der Waals surface area contributed by atoms with Crippen molar-refractivity contribution in [2.75, 3.05) is 7.05 Å². The first kappa shape index (κ1) is 12.2. The van der Waals surface area contributed by atoms with E-state index in [-0.39, 0.29) is 5.25 Å². The molecule has 0 bridgehead atoms. The molecule has 0 saturated heterocycles. The smallest absolute Gasteiger partial charge is 0.214 e. The highest BCUT2D eigenvalue weighted by atomic mass is 32.2. The quantitative estimate of drug-likeness (QED) is 0.829. The summed E-state index contributed by atoms with van der Waals surface area (Å²) in [5.41, 5.74) is 1.06. The maximum absolute atomic E-state index is 11.6. The highest BCUT2D eigenvalue weighted by Crippen LogP contribution is 2.11. The van der Waals surface area contributed by atoms with Crippen LogP contribution >= 0.6 is 0 Å². The minimum atomic E-state index is -3.16. The van der Waals surface area contributed by atoms with Gasteiger partial charge in [-0.25, -0.2) is 13.1 Å². The minimum Gasteiger partial charge on any atom is -0.218 e. The highest BCUT2D eigenvalue weighted by molar-refractivity contribution is 7.90. The molecule has 0 fully saturated rings. The number of hydrogen-bond donors (Lipinski definition) is 1. The van der Waals surface area contributed by atoms with Gasteiger partial charge in [-0.2, -0.15) is 0 Å². The van der Waals surface area contributed by atoms with E-state index in [1.807, 2.05) is 37.3 Å². The summed E-state index contributed by atoms with van der Waals surface area (Å²) in [5, 5.41) is -0.343. The fourth-order valence-electron chi connectivity index (χ4n) is 1.52. The molecule has 1 atom stereocenters. The van der Waals surface area contributed by atoms with E-state index in [9.17, 15) is 8.42 Å². The number of hydrogen-bond acceptors (Lipinski definition) is 2. The first-order chi connectivity index (χ1) is 7.10. The van der Waals surface area contributed by atoms with Crippen molar-refractivity contribution in [3.05, 3.63) is 35.9 Å². The van der Waals surface area contributed by atoms with Gasteiger partial charge in [-0.3, -0.25) is 0 Å². The molecular weight excluding hydrogens is 210 g/mol. The summed E-state index contributed by atoms with van der Waals surface area (Å²) in [5.74, 6) is 0. The van der Waals surface area contributed by atoms with Crippen LogP contribution in [0.3, 0.4) is 0 Å². The van der Waals surface area contributed by atoms with Crippen LogP contribution in [-0.2, 0) is 16.4 Å². The van der Waals surface area contributed by atoms with Crippen LogP contribution in [0.15, 0.2) is 30.3 Å². The lowest BCUT2D eigenvalue weighted by atomic mass is 10.1. The predicted molar refractivity (Wildman–Crippen MR) is 62.2 cm³/mol. The molecule has 0 radical (unpaired) electrons. The fourth-order valence-corrected chi connectivity index (χ4v) is 2.70. The Balaban J connectivity index is 2.80. The van der Waals surface area contributed by atoms with E-state index < -0.39 is 10.0 Å². The van der Waals surface area contributed by atoms with E-state index in [4.69, 9.17) is 0 Å². The summed E-state index contributed by atoms with van der Waals surface area (Å²) in [7, 11) is -1.70. The zero-order chi connectivity index (χ0) is 11.3. The molecule has 0 aromatic heterocycles. The van der Waals surface area contributed by atoms with E-state index in [0.29, 0.717) is 12.8 Å². The molecule has 1 aromatic rings. The number of nitrogens with one attached hydrogen (secondary N) is 1. The second kappa shape index (κ2) is 5.28. The van der Waals surface area contributed by atoms with Crippen LogP contribution in [0.4, 0.5) is 0 Å². The van der Waals surface area contributed by atoms with Gasteiger partial charge in [0.1, 0.15) is 0 Å². The average molecular weight is 227 g/mol. The molecule has 1 unspecified atom stereocenters. The molecular formula is C11H17NO2S. The van der Waals surface area contributed by atoms with Gasteiger partial charge in [0.25, 0.3) is 0 Å². The molecule has 0 saturated carbocycles. The molecule has 0 heterocycles. The molecule has 1 rings (SSSR count). The maximum atomic E-state index is 11.6. The van der Waals surface area contributed by atoms with Crippen molar-refractivity contribution in [2.24, 2.45) is 0 Å². The van der Waals surface area contributed by atoms with Gasteiger partial charge in [0.2, 0.25) is 10.0 Å². The molecule has 0 aliphatic heterocycles. The van der Waals surface area contributed by atoms with E-state index in [2.05, 4.69) is 4.72 Å². The normalized spacial score (nSPS) is 13.7. The Labute approximate surface area is 91.6 Å². The number of sulfonamides is 1. The lowest BCUT2D eigenvalue weighted by Gasteiger charge is -2.14. The van der Waals surface area contributed by atoms with Crippen molar-refractivity contribution in [2.45, 2.75) is 25.0 Å². The standard InChI is InChI=1S/C11H17NO2S/c1-3-11(15(13,14)12-2)9-10-7-5-4-6-8-10/h4-8,11-12H,3,9H2,1-2H3. The molecule has 0 spiro atoms. The first-order valence-corrected chi connectivity index (χ1v) is 6.61. The van der Waals surface area contributed by atoms with Gasteiger partial charge in [0.15, 0.2) is 0 Å². The fraction of sp³-hybridized carbons (Fsp3) is 0.455. The summed E-state index contributed by atoms with van der Waals surface area (Å²) in [4.78, 5) is 0. The van der Waals surface area contributed by atoms with E-state index in [0.717, 1.165) is 5.56 Å². The molecule has 1 N–H and O–H groups in total.